The van der Waals surface area contributed by atoms with E-state index in [1.807, 2.05) is 0 Å². The van der Waals surface area contributed by atoms with Gasteiger partial charge in [0.25, 0.3) is 0 Å². The zero-order valence-electron chi connectivity index (χ0n) is 5.62. The molecular formula is C5H12N4. The molecule has 0 rings (SSSR count). The predicted octanol–water partition coefficient (Wildman–Crippen LogP) is 1.77. The molecule has 0 amide bonds. The van der Waals surface area contributed by atoms with E-state index in [0.717, 1.165) is 19.3 Å². The molecule has 1 atom stereocenters. The molecule has 0 spiro atoms. The Balaban J connectivity index is 3.26. The van der Waals surface area contributed by atoms with Crippen LogP contribution in [-0.2, 0) is 0 Å². The maximum atomic E-state index is 7.91. The van der Waals surface area contributed by atoms with Gasteiger partial charge in [0.1, 0.15) is 0 Å². The van der Waals surface area contributed by atoms with Gasteiger partial charge >= 0.3 is 0 Å². The Morgan fingerprint density at radius 3 is 2.89 bits per heavy atom. The van der Waals surface area contributed by atoms with Crippen molar-refractivity contribution in [2.45, 2.75) is 32.4 Å². The van der Waals surface area contributed by atoms with E-state index in [0.29, 0.717) is 0 Å². The molecule has 0 bridgehead atoms. The van der Waals surface area contributed by atoms with Crippen LogP contribution in [0.25, 0.3) is 10.4 Å². The molecule has 0 aromatic heterocycles. The zero-order chi connectivity index (χ0) is 7.11. The van der Waals surface area contributed by atoms with Gasteiger partial charge in [0.2, 0.25) is 0 Å². The Hall–Kier alpha value is -0.730. The summed E-state index contributed by atoms with van der Waals surface area (Å²) < 4.78 is 0. The third-order valence-electron chi connectivity index (χ3n) is 1.05. The summed E-state index contributed by atoms with van der Waals surface area (Å²) in [6, 6.07) is 0. The first-order chi connectivity index (χ1) is 4.31. The Morgan fingerprint density at radius 1 is 1.78 bits per heavy atom. The molecule has 4 heteroatoms. The Labute approximate surface area is 54.7 Å². The van der Waals surface area contributed by atoms with Gasteiger partial charge in [0, 0.05) is 4.91 Å². The van der Waals surface area contributed by atoms with Gasteiger partial charge in [-0.15, -0.1) is 0 Å². The summed E-state index contributed by atoms with van der Waals surface area (Å²) in [6.45, 7) is 2.07. The van der Waals surface area contributed by atoms with Crippen LogP contribution in [0.5, 0.6) is 0 Å². The topological polar surface area (TPSA) is 74.8 Å². The average Bonchev–Trinajstić information content (AvgIpc) is 1.85. The minimum Gasteiger partial charge on any atom is -0.323 e. The second kappa shape index (κ2) is 5.41. The number of rotatable bonds is 4. The first-order valence-corrected chi connectivity index (χ1v) is 3.11. The Bertz CT molecular complexity index is 106. The summed E-state index contributed by atoms with van der Waals surface area (Å²) >= 11 is 0. The highest BCUT2D eigenvalue weighted by molar-refractivity contribution is 4.57. The molecule has 0 heterocycles. The van der Waals surface area contributed by atoms with Crippen LogP contribution in [0.3, 0.4) is 0 Å². The van der Waals surface area contributed by atoms with Gasteiger partial charge in [0.15, 0.2) is 0 Å². The number of unbranched alkanes of at least 4 members (excludes halogenated alkanes) is 1. The third kappa shape index (κ3) is 5.14. The van der Waals surface area contributed by atoms with Gasteiger partial charge in [-0.25, -0.2) is 0 Å². The van der Waals surface area contributed by atoms with Crippen LogP contribution < -0.4 is 5.73 Å². The smallest absolute Gasteiger partial charge is 0.0836 e. The SMILES string of the molecule is CCCCC(N)N=[N+]=[N-]. The first kappa shape index (κ1) is 8.27. The molecule has 0 aromatic carbocycles. The second-order valence-electron chi connectivity index (χ2n) is 1.91. The van der Waals surface area contributed by atoms with E-state index in [4.69, 9.17) is 11.3 Å². The second-order valence-corrected chi connectivity index (χ2v) is 1.91. The molecule has 0 fully saturated rings. The van der Waals surface area contributed by atoms with Crippen LogP contribution in [0, 0.1) is 0 Å². The van der Waals surface area contributed by atoms with Crippen molar-refractivity contribution in [3.05, 3.63) is 10.4 Å². The summed E-state index contributed by atoms with van der Waals surface area (Å²) in [5.41, 5.74) is 13.3. The number of azide groups is 1. The highest BCUT2D eigenvalue weighted by atomic mass is 15.2. The van der Waals surface area contributed by atoms with Gasteiger partial charge in [-0.2, -0.15) is 0 Å². The van der Waals surface area contributed by atoms with E-state index >= 15 is 0 Å². The minimum absolute atomic E-state index is 0.324. The molecule has 0 saturated carbocycles. The number of nitrogens with zero attached hydrogens (tertiary/aromatic N) is 3. The van der Waals surface area contributed by atoms with Crippen molar-refractivity contribution in [3.8, 4) is 0 Å². The fourth-order valence-corrected chi connectivity index (χ4v) is 0.537. The van der Waals surface area contributed by atoms with Crippen molar-refractivity contribution >= 4 is 0 Å². The molecular weight excluding hydrogens is 116 g/mol. The van der Waals surface area contributed by atoms with E-state index in [1.54, 1.807) is 0 Å². The van der Waals surface area contributed by atoms with Crippen LogP contribution >= 0.6 is 0 Å². The summed E-state index contributed by atoms with van der Waals surface area (Å²) in [4.78, 5) is 2.59. The maximum absolute atomic E-state index is 7.91. The fourth-order valence-electron chi connectivity index (χ4n) is 0.537. The fraction of sp³-hybridized carbons (Fsp3) is 1.00. The van der Waals surface area contributed by atoms with Crippen LogP contribution in [0.15, 0.2) is 5.11 Å². The standard InChI is InChI=1S/C5H12N4/c1-2-3-4-5(6)8-9-7/h5H,2-4,6H2,1H3. The molecule has 52 valence electrons. The lowest BCUT2D eigenvalue weighted by molar-refractivity contribution is 0.592. The number of hydrogen-bond acceptors (Lipinski definition) is 2. The van der Waals surface area contributed by atoms with Crippen LogP contribution in [0.4, 0.5) is 0 Å². The zero-order valence-corrected chi connectivity index (χ0v) is 5.62. The number of hydrogen-bond donors (Lipinski definition) is 1. The maximum Gasteiger partial charge on any atom is 0.0836 e. The molecule has 0 aromatic rings. The van der Waals surface area contributed by atoms with Crippen molar-refractivity contribution in [2.75, 3.05) is 0 Å². The van der Waals surface area contributed by atoms with Crippen molar-refractivity contribution in [2.24, 2.45) is 10.8 Å². The molecule has 0 aliphatic rings. The molecule has 0 aliphatic heterocycles. The van der Waals surface area contributed by atoms with E-state index in [-0.39, 0.29) is 6.17 Å². The molecule has 0 saturated heterocycles. The third-order valence-corrected chi connectivity index (χ3v) is 1.05. The molecule has 0 aliphatic carbocycles. The average molecular weight is 128 g/mol. The highest BCUT2D eigenvalue weighted by Crippen LogP contribution is 1.98. The molecule has 9 heavy (non-hydrogen) atoms. The predicted molar refractivity (Wildman–Crippen MR) is 36.6 cm³/mol. The van der Waals surface area contributed by atoms with Gasteiger partial charge in [-0.1, -0.05) is 24.9 Å². The van der Waals surface area contributed by atoms with Crippen molar-refractivity contribution in [1.82, 2.24) is 0 Å². The molecule has 1 unspecified atom stereocenters. The largest absolute Gasteiger partial charge is 0.323 e. The summed E-state index contributed by atoms with van der Waals surface area (Å²) in [5, 5.41) is 3.32. The van der Waals surface area contributed by atoms with Gasteiger partial charge in [-0.3, -0.25) is 0 Å². The Morgan fingerprint density at radius 2 is 2.44 bits per heavy atom. The van der Waals surface area contributed by atoms with Gasteiger partial charge in [0.05, 0.1) is 6.17 Å². The van der Waals surface area contributed by atoms with Crippen LogP contribution in [0.2, 0.25) is 0 Å². The number of nitrogens with two attached hydrogens (primary N) is 1. The minimum atomic E-state index is -0.324. The van der Waals surface area contributed by atoms with Crippen molar-refractivity contribution in [1.29, 1.82) is 0 Å². The van der Waals surface area contributed by atoms with E-state index in [1.165, 1.54) is 0 Å². The van der Waals surface area contributed by atoms with E-state index in [9.17, 15) is 0 Å². The normalized spacial score (nSPS) is 12.2. The van der Waals surface area contributed by atoms with Gasteiger partial charge in [-0.05, 0) is 12.0 Å². The van der Waals surface area contributed by atoms with Gasteiger partial charge < -0.3 is 5.73 Å². The summed E-state index contributed by atoms with van der Waals surface area (Å²) in [7, 11) is 0. The molecule has 0 radical (unpaired) electrons. The molecule has 4 nitrogen and oxygen atoms in total. The van der Waals surface area contributed by atoms with E-state index < -0.39 is 0 Å². The van der Waals surface area contributed by atoms with Crippen LogP contribution in [0.1, 0.15) is 26.2 Å². The van der Waals surface area contributed by atoms with Crippen LogP contribution in [-0.4, -0.2) is 6.17 Å². The summed E-state index contributed by atoms with van der Waals surface area (Å²) in [5.74, 6) is 0. The monoisotopic (exact) mass is 128 g/mol. The highest BCUT2D eigenvalue weighted by Gasteiger charge is 1.94. The Kier molecular flexibility index (Phi) is 4.97. The summed E-state index contributed by atoms with van der Waals surface area (Å²) in [6.07, 6.45) is 2.59. The molecule has 2 N–H and O–H groups in total. The van der Waals surface area contributed by atoms with Crippen molar-refractivity contribution in [3.63, 3.8) is 0 Å². The lowest BCUT2D eigenvalue weighted by Gasteiger charge is -1.99. The first-order valence-electron chi connectivity index (χ1n) is 3.11. The van der Waals surface area contributed by atoms with E-state index in [2.05, 4.69) is 16.9 Å². The van der Waals surface area contributed by atoms with Crippen molar-refractivity contribution < 1.29 is 0 Å². The lowest BCUT2D eigenvalue weighted by Crippen LogP contribution is -2.15. The quantitative estimate of drug-likeness (QED) is 0.349. The lowest BCUT2D eigenvalue weighted by atomic mass is 10.2.